The fourth-order valence-corrected chi connectivity index (χ4v) is 5.49. The number of nitrogens with one attached hydrogen (secondary N) is 2. The summed E-state index contributed by atoms with van der Waals surface area (Å²) in [5, 5.41) is 0. The molecular weight excluding hydrogens is 609 g/mol. The Morgan fingerprint density at radius 2 is 1.04 bits per heavy atom. The third kappa shape index (κ3) is 12.1. The highest BCUT2D eigenvalue weighted by atomic mass is 19.2. The van der Waals surface area contributed by atoms with E-state index in [1.807, 2.05) is 48.5 Å². The fourth-order valence-electron chi connectivity index (χ4n) is 5.49. The Hall–Kier alpha value is -4.27. The summed E-state index contributed by atoms with van der Waals surface area (Å²) >= 11 is 0. The zero-order valence-corrected chi connectivity index (χ0v) is 28.4. The standard InChI is InChI=1S/C39H49BF2N2O4/c1-3-5-7-9-11-13-27-46-32-19-15-30(16-20-32)34-23-25-36(43-34)38(45)29-39(48-40(41)42)37-26-24-35(44-37)31-17-21-33(22-18-31)47-28-14-12-10-8-6-4-2/h15-26,29,43-44H,3-14,27-28H2,1-2H3/b39-29-. The van der Waals surface area contributed by atoms with Gasteiger partial charge >= 0.3 is 7.47 Å². The second-order valence-corrected chi connectivity index (χ2v) is 12.1. The molecule has 0 saturated carbocycles. The lowest BCUT2D eigenvalue weighted by molar-refractivity contribution is 0.104. The molecule has 256 valence electrons. The van der Waals surface area contributed by atoms with Gasteiger partial charge in [0, 0.05) is 17.5 Å². The van der Waals surface area contributed by atoms with Crippen LogP contribution in [-0.2, 0) is 4.65 Å². The second-order valence-electron chi connectivity index (χ2n) is 12.1. The number of aromatic amines is 2. The lowest BCUT2D eigenvalue weighted by Crippen LogP contribution is -2.07. The highest BCUT2D eigenvalue weighted by Gasteiger charge is 2.23. The fraction of sp³-hybridized carbons (Fsp3) is 0.410. The Bertz CT molecular complexity index is 1530. The van der Waals surface area contributed by atoms with Crippen molar-refractivity contribution < 1.29 is 27.6 Å². The van der Waals surface area contributed by atoms with Crippen molar-refractivity contribution in [3.63, 3.8) is 0 Å². The highest BCUT2D eigenvalue weighted by Crippen LogP contribution is 2.27. The largest absolute Gasteiger partial charge is 0.796 e. The molecule has 48 heavy (non-hydrogen) atoms. The van der Waals surface area contributed by atoms with Crippen LogP contribution in [0.5, 0.6) is 11.5 Å². The van der Waals surface area contributed by atoms with Crippen molar-refractivity contribution in [2.45, 2.75) is 90.9 Å². The zero-order valence-electron chi connectivity index (χ0n) is 28.4. The van der Waals surface area contributed by atoms with Gasteiger partial charge in [0.15, 0.2) is 0 Å². The van der Waals surface area contributed by atoms with Crippen LogP contribution >= 0.6 is 0 Å². The molecule has 0 atom stereocenters. The number of ketones is 1. The SMILES string of the molecule is CCCCCCCCOc1ccc(-c2ccc(C(=O)/C=C(\OB(F)F)c3ccc(-c4ccc(OCCCCCCCC)cc4)[nH]3)[nH]2)cc1. The minimum atomic E-state index is -3.10. The van der Waals surface area contributed by atoms with E-state index in [0.717, 1.165) is 53.7 Å². The summed E-state index contributed by atoms with van der Waals surface area (Å²) in [5.74, 6) is 0.844. The van der Waals surface area contributed by atoms with Crippen molar-refractivity contribution in [1.82, 2.24) is 9.97 Å². The monoisotopic (exact) mass is 658 g/mol. The smallest absolute Gasteiger partial charge is 0.503 e. The topological polar surface area (TPSA) is 76.3 Å². The van der Waals surface area contributed by atoms with E-state index >= 15 is 0 Å². The van der Waals surface area contributed by atoms with Crippen molar-refractivity contribution in [2.75, 3.05) is 13.2 Å². The number of rotatable bonds is 23. The van der Waals surface area contributed by atoms with Gasteiger partial charge < -0.3 is 24.1 Å². The van der Waals surface area contributed by atoms with E-state index < -0.39 is 13.3 Å². The van der Waals surface area contributed by atoms with Crippen LogP contribution in [0.1, 0.15) is 107 Å². The molecule has 0 aliphatic carbocycles. The Labute approximate surface area is 284 Å². The third-order valence-electron chi connectivity index (χ3n) is 8.25. The molecule has 2 aromatic heterocycles. The van der Waals surface area contributed by atoms with Gasteiger partial charge in [-0.3, -0.25) is 4.79 Å². The summed E-state index contributed by atoms with van der Waals surface area (Å²) in [7, 11) is -3.10. The van der Waals surface area contributed by atoms with Crippen LogP contribution in [0.2, 0.25) is 0 Å². The number of hydrogen-bond acceptors (Lipinski definition) is 4. The molecule has 6 nitrogen and oxygen atoms in total. The second kappa shape index (κ2) is 20.2. The molecule has 0 aliphatic rings. The molecule has 2 heterocycles. The van der Waals surface area contributed by atoms with Crippen LogP contribution in [0.25, 0.3) is 28.3 Å². The predicted molar refractivity (Wildman–Crippen MR) is 192 cm³/mol. The average Bonchev–Trinajstić information content (AvgIpc) is 3.79. The Balaban J connectivity index is 1.33. The molecule has 2 N–H and O–H groups in total. The van der Waals surface area contributed by atoms with Crippen LogP contribution in [0, 0.1) is 0 Å². The van der Waals surface area contributed by atoms with E-state index in [-0.39, 0.29) is 17.1 Å². The molecule has 0 fully saturated rings. The minimum absolute atomic E-state index is 0.247. The zero-order chi connectivity index (χ0) is 34.0. The number of carbonyl (C=O) groups excluding carboxylic acids is 1. The predicted octanol–water partition coefficient (Wildman–Crippen LogP) is 11.3. The molecule has 4 rings (SSSR count). The van der Waals surface area contributed by atoms with Gasteiger partial charge in [-0.1, -0.05) is 78.1 Å². The molecule has 0 amide bonds. The number of H-pyrrole nitrogens is 2. The first-order valence-electron chi connectivity index (χ1n) is 17.5. The summed E-state index contributed by atoms with van der Waals surface area (Å²) in [6, 6.07) is 22.1. The van der Waals surface area contributed by atoms with Crippen molar-refractivity contribution in [3.05, 3.63) is 90.3 Å². The van der Waals surface area contributed by atoms with E-state index in [9.17, 15) is 13.4 Å². The van der Waals surface area contributed by atoms with Gasteiger partial charge in [0.1, 0.15) is 17.3 Å². The molecule has 2 aromatic carbocycles. The first-order valence-corrected chi connectivity index (χ1v) is 17.5. The van der Waals surface area contributed by atoms with Crippen LogP contribution in [-0.4, -0.2) is 36.4 Å². The van der Waals surface area contributed by atoms with Gasteiger partial charge in [-0.2, -0.15) is 0 Å². The quantitative estimate of drug-likeness (QED) is 0.0273. The van der Waals surface area contributed by atoms with Crippen molar-refractivity contribution in [1.29, 1.82) is 0 Å². The summed E-state index contributed by atoms with van der Waals surface area (Å²) in [4.78, 5) is 19.4. The molecule has 4 aromatic rings. The number of ether oxygens (including phenoxy) is 2. The third-order valence-corrected chi connectivity index (χ3v) is 8.25. The number of unbranched alkanes of at least 4 members (excludes halogenated alkanes) is 10. The van der Waals surface area contributed by atoms with E-state index in [0.29, 0.717) is 18.9 Å². The first-order chi connectivity index (χ1) is 23.5. The number of halogens is 2. The molecule has 0 radical (unpaired) electrons. The molecule has 0 aliphatic heterocycles. The van der Waals surface area contributed by atoms with Crippen LogP contribution < -0.4 is 9.47 Å². The van der Waals surface area contributed by atoms with Crippen molar-refractivity contribution >= 4 is 19.0 Å². The summed E-state index contributed by atoms with van der Waals surface area (Å²) < 4.78 is 43.3. The first kappa shape index (κ1) is 36.6. The van der Waals surface area contributed by atoms with Crippen LogP contribution in [0.4, 0.5) is 8.63 Å². The Kier molecular flexibility index (Phi) is 15.4. The van der Waals surface area contributed by atoms with Gasteiger partial charge in [0.05, 0.1) is 24.6 Å². The molecule has 0 bridgehead atoms. The van der Waals surface area contributed by atoms with Crippen molar-refractivity contribution in [2.24, 2.45) is 0 Å². The van der Waals surface area contributed by atoms with Crippen molar-refractivity contribution in [3.8, 4) is 34.0 Å². The van der Waals surface area contributed by atoms with E-state index in [1.165, 1.54) is 57.8 Å². The van der Waals surface area contributed by atoms with Gasteiger partial charge in [-0.15, -0.1) is 0 Å². The maximum atomic E-state index is 13.4. The average molecular weight is 659 g/mol. The van der Waals surface area contributed by atoms with E-state index in [2.05, 4.69) is 23.8 Å². The van der Waals surface area contributed by atoms with Gasteiger partial charge in [0.25, 0.3) is 0 Å². The highest BCUT2D eigenvalue weighted by molar-refractivity contribution is 6.36. The van der Waals surface area contributed by atoms with Gasteiger partial charge in [-0.25, -0.2) is 8.63 Å². The number of benzene rings is 2. The summed E-state index contributed by atoms with van der Waals surface area (Å²) in [6.45, 7) is 5.79. The maximum Gasteiger partial charge on any atom is 0.796 e. The molecule has 0 spiro atoms. The van der Waals surface area contributed by atoms with E-state index in [1.54, 1.807) is 24.3 Å². The lowest BCUT2D eigenvalue weighted by Gasteiger charge is -2.08. The molecular formula is C39H49BF2N2O4. The van der Waals surface area contributed by atoms with Gasteiger partial charge in [0.2, 0.25) is 5.78 Å². The van der Waals surface area contributed by atoms with Crippen LogP contribution in [0.15, 0.2) is 78.9 Å². The molecule has 0 saturated heterocycles. The minimum Gasteiger partial charge on any atom is -0.503 e. The summed E-state index contributed by atoms with van der Waals surface area (Å²) in [6.07, 6.45) is 15.5. The summed E-state index contributed by atoms with van der Waals surface area (Å²) in [5.41, 5.74) is 3.68. The maximum absolute atomic E-state index is 13.4. The van der Waals surface area contributed by atoms with Crippen LogP contribution in [0.3, 0.4) is 0 Å². The normalized spacial score (nSPS) is 11.5. The number of allylic oxidation sites excluding steroid dienone is 1. The number of carbonyl (C=O) groups is 1. The van der Waals surface area contributed by atoms with Gasteiger partial charge in [-0.05, 0) is 96.8 Å². The number of hydrogen-bond donors (Lipinski definition) is 2. The molecule has 9 heteroatoms. The Morgan fingerprint density at radius 3 is 1.52 bits per heavy atom. The van der Waals surface area contributed by atoms with E-state index in [4.69, 9.17) is 14.1 Å². The molecule has 0 unspecified atom stereocenters. The Morgan fingerprint density at radius 1 is 0.604 bits per heavy atom. The lowest BCUT2D eigenvalue weighted by atomic mass is 10.1. The number of aromatic nitrogens is 2.